The van der Waals surface area contributed by atoms with Crippen LogP contribution in [0, 0.1) is 0 Å². The van der Waals surface area contributed by atoms with E-state index in [9.17, 15) is 4.79 Å². The Balaban J connectivity index is 4.01. The predicted molar refractivity (Wildman–Crippen MR) is 54.0 cm³/mol. The van der Waals surface area contributed by atoms with Gasteiger partial charge in [0.05, 0.1) is 0 Å². The maximum Gasteiger partial charge on any atom is 0.319 e. The van der Waals surface area contributed by atoms with Gasteiger partial charge in [0.15, 0.2) is 0 Å². The molecule has 0 unspecified atom stereocenters. The van der Waals surface area contributed by atoms with Gasteiger partial charge in [-0.25, -0.2) is 0 Å². The highest BCUT2D eigenvalue weighted by Crippen LogP contribution is 2.27. The van der Waals surface area contributed by atoms with Gasteiger partial charge in [0, 0.05) is 16.3 Å². The maximum absolute atomic E-state index is 10.6. The van der Waals surface area contributed by atoms with Crippen LogP contribution < -0.4 is 0 Å². The predicted octanol–water partition coefficient (Wildman–Crippen LogP) is 2.90. The van der Waals surface area contributed by atoms with Crippen LogP contribution in [0.1, 0.15) is 13.8 Å². The lowest BCUT2D eigenvalue weighted by Gasteiger charge is -2.17. The largest absolute Gasteiger partial charge is 0.480 e. The molecule has 0 spiro atoms. The van der Waals surface area contributed by atoms with E-state index in [1.54, 1.807) is 13.8 Å². The summed E-state index contributed by atoms with van der Waals surface area (Å²) < 4.78 is -0.819. The van der Waals surface area contributed by atoms with Crippen molar-refractivity contribution in [2.45, 2.75) is 18.6 Å². The molecule has 0 atom stereocenters. The van der Waals surface area contributed by atoms with Crippen molar-refractivity contribution in [1.29, 1.82) is 0 Å². The van der Waals surface area contributed by atoms with Crippen LogP contribution in [0.5, 0.6) is 0 Å². The van der Waals surface area contributed by atoms with Gasteiger partial charge in [-0.2, -0.15) is 0 Å². The second kappa shape index (κ2) is 5.00. The van der Waals surface area contributed by atoms with Gasteiger partial charge in [-0.3, -0.25) is 4.79 Å². The standard InChI is InChI=1S/C7H10Cl2O2S/c1-7(2,6(10)11)12-4-5(9)3-8/h3H,4H2,1-2H3,(H,10,11). The van der Waals surface area contributed by atoms with E-state index in [-0.39, 0.29) is 0 Å². The summed E-state index contributed by atoms with van der Waals surface area (Å²) in [5.41, 5.74) is 1.24. The van der Waals surface area contributed by atoms with Crippen molar-refractivity contribution in [2.75, 3.05) is 5.75 Å². The molecule has 0 rings (SSSR count). The SMILES string of the molecule is CC(C)(SCC(Cl)=CCl)C(=O)O. The minimum atomic E-state index is -0.855. The Morgan fingerprint density at radius 1 is 1.67 bits per heavy atom. The van der Waals surface area contributed by atoms with Crippen molar-refractivity contribution in [1.82, 2.24) is 0 Å². The van der Waals surface area contributed by atoms with E-state index in [0.29, 0.717) is 10.8 Å². The molecule has 0 fully saturated rings. The molecule has 0 radical (unpaired) electrons. The summed E-state index contributed by atoms with van der Waals surface area (Å²) in [7, 11) is 0. The molecule has 0 aromatic carbocycles. The second-order valence-electron chi connectivity index (χ2n) is 2.66. The van der Waals surface area contributed by atoms with Crippen molar-refractivity contribution >= 4 is 40.9 Å². The van der Waals surface area contributed by atoms with E-state index in [4.69, 9.17) is 28.3 Å². The lowest BCUT2D eigenvalue weighted by molar-refractivity contribution is -0.138. The van der Waals surface area contributed by atoms with E-state index in [1.165, 1.54) is 17.3 Å². The fraction of sp³-hybridized carbons (Fsp3) is 0.571. The van der Waals surface area contributed by atoms with Gasteiger partial charge in [-0.15, -0.1) is 11.8 Å². The van der Waals surface area contributed by atoms with Gasteiger partial charge in [0.25, 0.3) is 0 Å². The molecule has 0 aliphatic rings. The zero-order chi connectivity index (χ0) is 9.78. The highest BCUT2D eigenvalue weighted by Gasteiger charge is 2.27. The first-order valence-electron chi connectivity index (χ1n) is 3.22. The van der Waals surface area contributed by atoms with Gasteiger partial charge in [-0.05, 0) is 13.8 Å². The van der Waals surface area contributed by atoms with Gasteiger partial charge < -0.3 is 5.11 Å². The minimum Gasteiger partial charge on any atom is -0.480 e. The number of aliphatic carboxylic acids is 1. The summed E-state index contributed by atoms with van der Waals surface area (Å²) in [5.74, 6) is -0.434. The number of carboxylic acids is 1. The molecule has 0 amide bonds. The number of carboxylic acid groups (broad SMARTS) is 1. The first kappa shape index (κ1) is 12.1. The van der Waals surface area contributed by atoms with Gasteiger partial charge in [0.2, 0.25) is 0 Å². The maximum atomic E-state index is 10.6. The van der Waals surface area contributed by atoms with Crippen molar-refractivity contribution in [2.24, 2.45) is 0 Å². The lowest BCUT2D eigenvalue weighted by Crippen LogP contribution is -2.27. The first-order valence-corrected chi connectivity index (χ1v) is 5.02. The van der Waals surface area contributed by atoms with E-state index in [1.807, 2.05) is 0 Å². The lowest BCUT2D eigenvalue weighted by atomic mass is 10.2. The monoisotopic (exact) mass is 228 g/mol. The summed E-state index contributed by atoms with van der Waals surface area (Å²) >= 11 is 12.1. The molecule has 0 bridgehead atoms. The van der Waals surface area contributed by atoms with Crippen LogP contribution in [0.4, 0.5) is 0 Å². The molecule has 0 saturated heterocycles. The average Bonchev–Trinajstić information content (AvgIpc) is 2.00. The van der Waals surface area contributed by atoms with E-state index in [0.717, 1.165) is 0 Å². The highest BCUT2D eigenvalue weighted by atomic mass is 35.5. The third kappa shape index (κ3) is 4.24. The van der Waals surface area contributed by atoms with Crippen molar-refractivity contribution < 1.29 is 9.90 Å². The average molecular weight is 229 g/mol. The Labute approximate surface area is 85.9 Å². The molecule has 12 heavy (non-hydrogen) atoms. The summed E-state index contributed by atoms with van der Waals surface area (Å²) in [6.45, 7) is 3.25. The molecular formula is C7H10Cl2O2S. The first-order chi connectivity index (χ1) is 5.40. The van der Waals surface area contributed by atoms with Crippen LogP contribution >= 0.6 is 35.0 Å². The summed E-state index contributed by atoms with van der Waals surface area (Å²) in [5, 5.41) is 9.17. The molecule has 0 saturated carbocycles. The fourth-order valence-electron chi connectivity index (χ4n) is 0.343. The Bertz CT molecular complexity index is 202. The van der Waals surface area contributed by atoms with Crippen LogP contribution in [-0.2, 0) is 4.79 Å². The van der Waals surface area contributed by atoms with Crippen molar-refractivity contribution in [3.63, 3.8) is 0 Å². The van der Waals surface area contributed by atoms with Gasteiger partial charge in [-0.1, -0.05) is 23.2 Å². The Hall–Kier alpha value is 0.140. The van der Waals surface area contributed by atoms with Crippen LogP contribution in [0.2, 0.25) is 0 Å². The zero-order valence-corrected chi connectivity index (χ0v) is 9.13. The van der Waals surface area contributed by atoms with Gasteiger partial charge >= 0.3 is 5.97 Å². The van der Waals surface area contributed by atoms with Crippen LogP contribution in [0.15, 0.2) is 10.6 Å². The van der Waals surface area contributed by atoms with Crippen molar-refractivity contribution in [3.8, 4) is 0 Å². The van der Waals surface area contributed by atoms with Crippen LogP contribution in [-0.4, -0.2) is 21.6 Å². The number of halogens is 2. The Morgan fingerprint density at radius 2 is 2.17 bits per heavy atom. The zero-order valence-electron chi connectivity index (χ0n) is 6.80. The number of rotatable bonds is 4. The molecule has 0 aromatic heterocycles. The molecule has 70 valence electrons. The van der Waals surface area contributed by atoms with Crippen molar-refractivity contribution in [3.05, 3.63) is 10.6 Å². The normalized spacial score (nSPS) is 13.2. The molecule has 5 heteroatoms. The molecule has 0 aliphatic heterocycles. The van der Waals surface area contributed by atoms with E-state index in [2.05, 4.69) is 0 Å². The number of hydrogen-bond acceptors (Lipinski definition) is 2. The molecular weight excluding hydrogens is 219 g/mol. The molecule has 1 N–H and O–H groups in total. The molecule has 2 nitrogen and oxygen atoms in total. The Kier molecular flexibility index (Phi) is 5.06. The number of carbonyl (C=O) groups is 1. The quantitative estimate of drug-likeness (QED) is 0.805. The highest BCUT2D eigenvalue weighted by molar-refractivity contribution is 8.01. The van der Waals surface area contributed by atoms with Gasteiger partial charge in [0.1, 0.15) is 4.75 Å². The summed E-state index contributed by atoms with van der Waals surface area (Å²) in [4.78, 5) is 10.6. The summed E-state index contributed by atoms with van der Waals surface area (Å²) in [6, 6.07) is 0. The summed E-state index contributed by atoms with van der Waals surface area (Å²) in [6.07, 6.45) is 0. The van der Waals surface area contributed by atoms with E-state index >= 15 is 0 Å². The molecule has 0 aromatic rings. The molecule has 0 heterocycles. The number of thioether (sulfide) groups is 1. The third-order valence-electron chi connectivity index (χ3n) is 1.20. The third-order valence-corrected chi connectivity index (χ3v) is 3.33. The fourth-order valence-corrected chi connectivity index (χ4v) is 1.38. The van der Waals surface area contributed by atoms with Crippen LogP contribution in [0.3, 0.4) is 0 Å². The number of hydrogen-bond donors (Lipinski definition) is 1. The topological polar surface area (TPSA) is 37.3 Å². The minimum absolute atomic E-state index is 0.421. The van der Waals surface area contributed by atoms with Crippen LogP contribution in [0.25, 0.3) is 0 Å². The molecule has 0 aliphatic carbocycles. The smallest absolute Gasteiger partial charge is 0.319 e. The Morgan fingerprint density at radius 3 is 2.50 bits per heavy atom. The van der Waals surface area contributed by atoms with E-state index < -0.39 is 10.7 Å². The second-order valence-corrected chi connectivity index (χ2v) is 4.96.